The molecule has 0 saturated heterocycles. The number of halogens is 1. The highest BCUT2D eigenvalue weighted by Gasteiger charge is 1.95. The van der Waals surface area contributed by atoms with Gasteiger partial charge in [-0.1, -0.05) is 5.11 Å². The number of hydrogen-bond acceptors (Lipinski definition) is 3. The third-order valence-corrected chi connectivity index (χ3v) is 0.644. The lowest BCUT2D eigenvalue weighted by atomic mass is 10.9. The van der Waals surface area contributed by atoms with Crippen LogP contribution in [0.2, 0.25) is 0 Å². The van der Waals surface area contributed by atoms with Crippen LogP contribution in [0.4, 0.5) is 4.79 Å². The molecular formula is C4H5ClN2O3. The summed E-state index contributed by atoms with van der Waals surface area (Å²) in [4.78, 5) is 19.7. The molecule has 0 heterocycles. The van der Waals surface area contributed by atoms with Crippen molar-refractivity contribution >= 4 is 24.1 Å². The molecular weight excluding hydrogens is 160 g/mol. The predicted octanol–water partition coefficient (Wildman–Crippen LogP) is 0.970. The molecule has 2 amide bonds. The van der Waals surface area contributed by atoms with Crippen molar-refractivity contribution in [3.8, 4) is 0 Å². The summed E-state index contributed by atoms with van der Waals surface area (Å²) in [6.07, 6.45) is -0.769. The zero-order valence-electron chi connectivity index (χ0n) is 4.99. The molecule has 0 aromatic heterocycles. The predicted molar refractivity (Wildman–Crippen MR) is 33.0 cm³/mol. The van der Waals surface area contributed by atoms with Crippen LogP contribution < -0.4 is 0 Å². The van der Waals surface area contributed by atoms with E-state index < -0.39 is 6.09 Å². The summed E-state index contributed by atoms with van der Waals surface area (Å²) in [6, 6.07) is 0. The topological polar surface area (TPSA) is 68.1 Å². The van der Waals surface area contributed by atoms with Gasteiger partial charge in [0.05, 0.1) is 5.88 Å². The number of azo groups is 1. The Morgan fingerprint density at radius 3 is 2.90 bits per heavy atom. The normalized spacial score (nSPS) is 9.70. The summed E-state index contributed by atoms with van der Waals surface area (Å²) in [7, 11) is 0. The van der Waals surface area contributed by atoms with Crippen LogP contribution in [0.5, 0.6) is 0 Å². The van der Waals surface area contributed by atoms with Gasteiger partial charge in [0.1, 0.15) is 6.61 Å². The highest BCUT2D eigenvalue weighted by molar-refractivity contribution is 6.18. The monoisotopic (exact) mass is 164 g/mol. The second-order valence-corrected chi connectivity index (χ2v) is 1.50. The van der Waals surface area contributed by atoms with Crippen molar-refractivity contribution < 1.29 is 14.3 Å². The molecule has 0 N–H and O–H groups in total. The van der Waals surface area contributed by atoms with Gasteiger partial charge in [0.15, 0.2) is 0 Å². The minimum Gasteiger partial charge on any atom is -0.446 e. The van der Waals surface area contributed by atoms with Gasteiger partial charge in [0.2, 0.25) is 0 Å². The van der Waals surface area contributed by atoms with E-state index in [1.54, 1.807) is 0 Å². The summed E-state index contributed by atoms with van der Waals surface area (Å²) in [6.45, 7) is 0.0677. The molecule has 0 aliphatic rings. The zero-order chi connectivity index (χ0) is 7.82. The molecule has 56 valence electrons. The number of alkyl halides is 1. The van der Waals surface area contributed by atoms with E-state index in [1.165, 1.54) is 0 Å². The summed E-state index contributed by atoms with van der Waals surface area (Å²) in [5.41, 5.74) is 0. The van der Waals surface area contributed by atoms with Crippen LogP contribution in [0, 0.1) is 0 Å². The van der Waals surface area contributed by atoms with Crippen molar-refractivity contribution in [2.45, 2.75) is 0 Å². The van der Waals surface area contributed by atoms with E-state index in [0.29, 0.717) is 0 Å². The van der Waals surface area contributed by atoms with Crippen molar-refractivity contribution in [3.05, 3.63) is 0 Å². The van der Waals surface area contributed by atoms with Gasteiger partial charge in [-0.05, 0) is 0 Å². The highest BCUT2D eigenvalue weighted by atomic mass is 35.5. The van der Waals surface area contributed by atoms with Crippen LogP contribution >= 0.6 is 11.6 Å². The summed E-state index contributed by atoms with van der Waals surface area (Å²) in [5.74, 6) is 0.197. The van der Waals surface area contributed by atoms with Crippen LogP contribution in [0.1, 0.15) is 0 Å². The Kier molecular flexibility index (Phi) is 5.56. The SMILES string of the molecule is O=CN=NC(=O)OCCCl. The van der Waals surface area contributed by atoms with Gasteiger partial charge in [-0.15, -0.1) is 16.7 Å². The van der Waals surface area contributed by atoms with Crippen molar-refractivity contribution in [2.75, 3.05) is 12.5 Å². The van der Waals surface area contributed by atoms with Crippen molar-refractivity contribution in [2.24, 2.45) is 10.2 Å². The van der Waals surface area contributed by atoms with E-state index in [1.807, 2.05) is 0 Å². The van der Waals surface area contributed by atoms with Crippen molar-refractivity contribution in [1.29, 1.82) is 0 Å². The average molecular weight is 165 g/mol. The van der Waals surface area contributed by atoms with Crippen LogP contribution in [0.15, 0.2) is 10.2 Å². The van der Waals surface area contributed by atoms with E-state index in [0.717, 1.165) is 0 Å². The Morgan fingerprint density at radius 1 is 1.70 bits per heavy atom. The van der Waals surface area contributed by atoms with E-state index in [9.17, 15) is 9.59 Å². The average Bonchev–Trinajstić information content (AvgIpc) is 1.97. The van der Waals surface area contributed by atoms with Crippen molar-refractivity contribution in [3.63, 3.8) is 0 Å². The lowest BCUT2D eigenvalue weighted by Gasteiger charge is -1.92. The molecule has 0 aromatic rings. The highest BCUT2D eigenvalue weighted by Crippen LogP contribution is 1.85. The Morgan fingerprint density at radius 2 is 2.40 bits per heavy atom. The van der Waals surface area contributed by atoms with Gasteiger partial charge >= 0.3 is 6.09 Å². The molecule has 0 saturated carbocycles. The first-order chi connectivity index (χ1) is 4.81. The van der Waals surface area contributed by atoms with Crippen LogP contribution in [0.3, 0.4) is 0 Å². The first kappa shape index (κ1) is 9.03. The van der Waals surface area contributed by atoms with E-state index in [4.69, 9.17) is 11.6 Å². The molecule has 0 bridgehead atoms. The Balaban J connectivity index is 3.43. The quantitative estimate of drug-likeness (QED) is 0.355. The first-order valence-corrected chi connectivity index (χ1v) is 2.92. The fraction of sp³-hybridized carbons (Fsp3) is 0.500. The molecule has 5 nitrogen and oxygen atoms in total. The number of rotatable bonds is 3. The number of nitrogens with zero attached hydrogens (tertiary/aromatic N) is 2. The second kappa shape index (κ2) is 6.15. The molecule has 0 rings (SSSR count). The molecule has 0 aliphatic heterocycles. The Labute approximate surface area is 62.0 Å². The lowest BCUT2D eigenvalue weighted by Crippen LogP contribution is -2.00. The Hall–Kier alpha value is -0.970. The standard InChI is InChI=1S/C4H5ClN2O3/c5-1-2-10-4(9)7-6-3-8/h3H,1-2H2. The van der Waals surface area contributed by atoms with Gasteiger partial charge in [-0.3, -0.25) is 4.79 Å². The number of amides is 2. The molecule has 0 unspecified atom stereocenters. The largest absolute Gasteiger partial charge is 0.452 e. The molecule has 0 aliphatic carbocycles. The molecule has 6 heteroatoms. The molecule has 0 radical (unpaired) electrons. The first-order valence-electron chi connectivity index (χ1n) is 2.38. The molecule has 10 heavy (non-hydrogen) atoms. The lowest BCUT2D eigenvalue weighted by molar-refractivity contribution is -0.107. The minimum atomic E-state index is -0.909. The number of carbonyl (C=O) groups excluding carboxylic acids is 2. The smallest absolute Gasteiger partial charge is 0.446 e. The van der Waals surface area contributed by atoms with E-state index >= 15 is 0 Å². The minimum absolute atomic E-state index is 0.0677. The molecule has 0 atom stereocenters. The summed E-state index contributed by atoms with van der Waals surface area (Å²) >= 11 is 5.16. The van der Waals surface area contributed by atoms with Crippen LogP contribution in [0.25, 0.3) is 0 Å². The maximum Gasteiger partial charge on any atom is 0.452 e. The Bertz CT molecular complexity index is 147. The molecule has 0 aromatic carbocycles. The van der Waals surface area contributed by atoms with Gasteiger partial charge in [-0.2, -0.15) is 0 Å². The van der Waals surface area contributed by atoms with Crippen molar-refractivity contribution in [1.82, 2.24) is 0 Å². The number of hydrogen-bond donors (Lipinski definition) is 0. The summed E-state index contributed by atoms with van der Waals surface area (Å²) < 4.78 is 4.30. The molecule has 0 fully saturated rings. The van der Waals surface area contributed by atoms with Crippen LogP contribution in [-0.4, -0.2) is 25.0 Å². The van der Waals surface area contributed by atoms with E-state index in [2.05, 4.69) is 15.0 Å². The molecule has 0 spiro atoms. The maximum atomic E-state index is 10.3. The maximum absolute atomic E-state index is 10.3. The second-order valence-electron chi connectivity index (χ2n) is 1.12. The van der Waals surface area contributed by atoms with Gasteiger partial charge in [-0.25, -0.2) is 4.79 Å². The van der Waals surface area contributed by atoms with Crippen LogP contribution in [-0.2, 0) is 9.53 Å². The third kappa shape index (κ3) is 5.17. The van der Waals surface area contributed by atoms with E-state index in [-0.39, 0.29) is 18.9 Å². The van der Waals surface area contributed by atoms with Gasteiger partial charge in [0, 0.05) is 0 Å². The number of ether oxygens (including phenoxy) is 1. The number of carbonyl (C=O) groups is 2. The fourth-order valence-corrected chi connectivity index (χ4v) is 0.303. The summed E-state index contributed by atoms with van der Waals surface area (Å²) in [5, 5.41) is 5.57. The third-order valence-electron chi connectivity index (χ3n) is 0.489. The van der Waals surface area contributed by atoms with Gasteiger partial charge < -0.3 is 4.74 Å². The van der Waals surface area contributed by atoms with Gasteiger partial charge in [0.25, 0.3) is 6.41 Å². The fourth-order valence-electron chi connectivity index (χ4n) is 0.225. The zero-order valence-corrected chi connectivity index (χ0v) is 5.74.